The molecule has 0 saturated carbocycles. The van der Waals surface area contributed by atoms with Crippen molar-refractivity contribution in [2.75, 3.05) is 19.0 Å². The van der Waals surface area contributed by atoms with Gasteiger partial charge in [-0.05, 0) is 50.5 Å². The number of rotatable bonds is 9. The first-order valence-electron chi connectivity index (χ1n) is 6.83. The number of unbranched alkanes of at least 4 members (excludes halogenated alkanes) is 2. The Morgan fingerprint density at radius 2 is 1.81 bits per heavy atom. The zero-order chi connectivity index (χ0) is 15.7. The van der Waals surface area contributed by atoms with E-state index in [4.69, 9.17) is 14.6 Å². The van der Waals surface area contributed by atoms with Crippen LogP contribution < -0.4 is 9.88 Å². The molecule has 0 saturated heterocycles. The third kappa shape index (κ3) is 7.67. The highest BCUT2D eigenvalue weighted by Crippen LogP contribution is 2.13. The molecule has 118 valence electrons. The Morgan fingerprint density at radius 1 is 1.14 bits per heavy atom. The van der Waals surface area contributed by atoms with E-state index in [2.05, 4.69) is 0 Å². The molecule has 0 unspecified atom stereocenters. The molecule has 21 heavy (non-hydrogen) atoms. The number of carbonyl (C=O) groups is 1. The van der Waals surface area contributed by atoms with Crippen LogP contribution in [0.5, 0.6) is 5.75 Å². The molecule has 0 aliphatic carbocycles. The summed E-state index contributed by atoms with van der Waals surface area (Å²) in [7, 11) is -3.37. The Balaban J connectivity index is 2.25. The second-order valence-electron chi connectivity index (χ2n) is 4.52. The third-order valence-corrected chi connectivity index (χ3v) is 3.57. The summed E-state index contributed by atoms with van der Waals surface area (Å²) in [6, 6.07) is 6.70. The zero-order valence-electron chi connectivity index (χ0n) is 12.1. The molecule has 0 radical (unpaired) electrons. The van der Waals surface area contributed by atoms with Gasteiger partial charge < -0.3 is 9.47 Å². The van der Waals surface area contributed by atoms with Gasteiger partial charge in [-0.2, -0.15) is 0 Å². The molecule has 0 bridgehead atoms. The highest BCUT2D eigenvalue weighted by atomic mass is 32.2. The normalized spacial score (nSPS) is 11.1. The van der Waals surface area contributed by atoms with Crippen LogP contribution in [0.4, 0.5) is 0 Å². The fourth-order valence-electron chi connectivity index (χ4n) is 1.67. The second-order valence-corrected chi connectivity index (χ2v) is 6.25. The molecule has 0 fully saturated rings. The Kier molecular flexibility index (Phi) is 7.18. The maximum Gasteiger partial charge on any atom is 0.338 e. The first-order valence-corrected chi connectivity index (χ1v) is 8.54. The van der Waals surface area contributed by atoms with Gasteiger partial charge in [-0.3, -0.25) is 0 Å². The van der Waals surface area contributed by atoms with Gasteiger partial charge in [-0.1, -0.05) is 0 Å². The highest BCUT2D eigenvalue weighted by Gasteiger charge is 2.06. The van der Waals surface area contributed by atoms with Crippen molar-refractivity contribution in [2.24, 2.45) is 5.14 Å². The van der Waals surface area contributed by atoms with Crippen molar-refractivity contribution in [3.8, 4) is 5.75 Å². The lowest BCUT2D eigenvalue weighted by Gasteiger charge is -2.07. The van der Waals surface area contributed by atoms with Gasteiger partial charge in [0.1, 0.15) is 5.75 Å². The van der Waals surface area contributed by atoms with Crippen LogP contribution in [-0.2, 0) is 14.8 Å². The topological polar surface area (TPSA) is 95.7 Å². The average Bonchev–Trinajstić information content (AvgIpc) is 2.42. The van der Waals surface area contributed by atoms with Crippen LogP contribution in [0, 0.1) is 0 Å². The predicted molar refractivity (Wildman–Crippen MR) is 79.7 cm³/mol. The number of hydrogen-bond acceptors (Lipinski definition) is 5. The fraction of sp³-hybridized carbons (Fsp3) is 0.500. The van der Waals surface area contributed by atoms with E-state index in [1.807, 2.05) is 0 Å². The van der Waals surface area contributed by atoms with Gasteiger partial charge in [0.25, 0.3) is 0 Å². The van der Waals surface area contributed by atoms with Gasteiger partial charge in [0, 0.05) is 0 Å². The molecular weight excluding hydrogens is 294 g/mol. The van der Waals surface area contributed by atoms with E-state index in [1.165, 1.54) is 0 Å². The molecular formula is C14H21NO5S. The van der Waals surface area contributed by atoms with Gasteiger partial charge in [-0.25, -0.2) is 18.4 Å². The number of esters is 1. The van der Waals surface area contributed by atoms with Crippen molar-refractivity contribution in [1.82, 2.24) is 0 Å². The minimum atomic E-state index is -3.37. The van der Waals surface area contributed by atoms with Crippen molar-refractivity contribution in [2.45, 2.75) is 26.2 Å². The lowest BCUT2D eigenvalue weighted by atomic mass is 10.2. The summed E-state index contributed by atoms with van der Waals surface area (Å²) < 4.78 is 31.8. The molecule has 6 nitrogen and oxygen atoms in total. The van der Waals surface area contributed by atoms with Crippen LogP contribution in [0.3, 0.4) is 0 Å². The minimum Gasteiger partial charge on any atom is -0.494 e. The number of primary sulfonamides is 1. The lowest BCUT2D eigenvalue weighted by molar-refractivity contribution is 0.0526. The van der Waals surface area contributed by atoms with Gasteiger partial charge in [0.15, 0.2) is 0 Å². The second kappa shape index (κ2) is 8.63. The summed E-state index contributed by atoms with van der Waals surface area (Å²) in [5.41, 5.74) is 0.484. The summed E-state index contributed by atoms with van der Waals surface area (Å²) >= 11 is 0. The van der Waals surface area contributed by atoms with Crippen LogP contribution in [-0.4, -0.2) is 33.4 Å². The highest BCUT2D eigenvalue weighted by molar-refractivity contribution is 7.89. The summed E-state index contributed by atoms with van der Waals surface area (Å²) in [4.78, 5) is 11.4. The van der Waals surface area contributed by atoms with E-state index >= 15 is 0 Å². The maximum absolute atomic E-state index is 11.4. The number of ether oxygens (including phenoxy) is 2. The van der Waals surface area contributed by atoms with E-state index in [9.17, 15) is 13.2 Å². The van der Waals surface area contributed by atoms with Crippen molar-refractivity contribution < 1.29 is 22.7 Å². The monoisotopic (exact) mass is 315 g/mol. The standard InChI is InChI=1S/C14H21NO5S/c1-2-19-14(16)12-6-8-13(9-7-12)20-10-4-3-5-11-21(15,17)18/h6-9H,2-5,10-11H2,1H3,(H2,15,17,18). The molecule has 0 aliphatic rings. The van der Waals surface area contributed by atoms with E-state index in [0.717, 1.165) is 12.8 Å². The molecule has 0 spiro atoms. The molecule has 1 rings (SSSR count). The SMILES string of the molecule is CCOC(=O)c1ccc(OCCCCCS(N)(=O)=O)cc1. The molecule has 1 aromatic carbocycles. The number of nitrogens with two attached hydrogens (primary N) is 1. The molecule has 0 aliphatic heterocycles. The summed E-state index contributed by atoms with van der Waals surface area (Å²) in [6.07, 6.45) is 2.01. The van der Waals surface area contributed by atoms with Crippen LogP contribution in [0.25, 0.3) is 0 Å². The molecule has 0 atom stereocenters. The van der Waals surface area contributed by atoms with Gasteiger partial charge in [0.05, 0.1) is 24.5 Å². The van der Waals surface area contributed by atoms with Crippen LogP contribution >= 0.6 is 0 Å². The molecule has 2 N–H and O–H groups in total. The van der Waals surface area contributed by atoms with E-state index in [-0.39, 0.29) is 11.7 Å². The van der Waals surface area contributed by atoms with Gasteiger partial charge in [0.2, 0.25) is 10.0 Å². The maximum atomic E-state index is 11.4. The zero-order valence-corrected chi connectivity index (χ0v) is 12.9. The molecule has 0 amide bonds. The fourth-order valence-corrected chi connectivity index (χ4v) is 2.28. The smallest absolute Gasteiger partial charge is 0.338 e. The summed E-state index contributed by atoms with van der Waals surface area (Å²) in [5, 5.41) is 4.90. The van der Waals surface area contributed by atoms with E-state index in [1.54, 1.807) is 31.2 Å². The van der Waals surface area contributed by atoms with Crippen molar-refractivity contribution in [1.29, 1.82) is 0 Å². The van der Waals surface area contributed by atoms with E-state index < -0.39 is 10.0 Å². The average molecular weight is 315 g/mol. The van der Waals surface area contributed by atoms with Crippen molar-refractivity contribution in [3.05, 3.63) is 29.8 Å². The molecule has 7 heteroatoms. The first-order chi connectivity index (χ1) is 9.92. The van der Waals surface area contributed by atoms with Gasteiger partial charge in [-0.15, -0.1) is 0 Å². The largest absolute Gasteiger partial charge is 0.494 e. The number of hydrogen-bond donors (Lipinski definition) is 1. The predicted octanol–water partition coefficient (Wildman–Crippen LogP) is 1.70. The Bertz CT molecular complexity index is 539. The number of sulfonamides is 1. The number of carbonyl (C=O) groups excluding carboxylic acids is 1. The van der Waals surface area contributed by atoms with Crippen LogP contribution in [0.2, 0.25) is 0 Å². The Labute approximate surface area is 125 Å². The van der Waals surface area contributed by atoms with Crippen molar-refractivity contribution in [3.63, 3.8) is 0 Å². The molecule has 0 aromatic heterocycles. The van der Waals surface area contributed by atoms with E-state index in [0.29, 0.717) is 30.9 Å². The minimum absolute atomic E-state index is 0.00123. The third-order valence-electron chi connectivity index (χ3n) is 2.71. The van der Waals surface area contributed by atoms with Crippen LogP contribution in [0.15, 0.2) is 24.3 Å². The Morgan fingerprint density at radius 3 is 2.38 bits per heavy atom. The van der Waals surface area contributed by atoms with Gasteiger partial charge >= 0.3 is 5.97 Å². The Hall–Kier alpha value is -1.60. The summed E-state index contributed by atoms with van der Waals surface area (Å²) in [6.45, 7) is 2.59. The van der Waals surface area contributed by atoms with Crippen molar-refractivity contribution >= 4 is 16.0 Å². The summed E-state index contributed by atoms with van der Waals surface area (Å²) in [5.74, 6) is 0.308. The lowest BCUT2D eigenvalue weighted by Crippen LogP contribution is -2.16. The molecule has 0 heterocycles. The quantitative estimate of drug-likeness (QED) is 0.553. The number of benzene rings is 1. The van der Waals surface area contributed by atoms with Crippen LogP contribution in [0.1, 0.15) is 36.5 Å². The molecule has 1 aromatic rings. The first kappa shape index (κ1) is 17.5.